The predicted octanol–water partition coefficient (Wildman–Crippen LogP) is 6.11. The number of benzene rings is 1. The highest BCUT2D eigenvalue weighted by Crippen LogP contribution is 2.44. The molecule has 1 atom stereocenters. The average molecular weight is 448 g/mol. The van der Waals surface area contributed by atoms with Crippen molar-refractivity contribution in [2.24, 2.45) is 11.3 Å². The summed E-state index contributed by atoms with van der Waals surface area (Å²) < 4.78 is 0. The highest BCUT2D eigenvalue weighted by molar-refractivity contribution is 7.17. The Kier molecular flexibility index (Phi) is 6.15. The predicted molar refractivity (Wildman–Crippen MR) is 131 cm³/mol. The Morgan fingerprint density at radius 3 is 2.59 bits per heavy atom. The van der Waals surface area contributed by atoms with Gasteiger partial charge in [0.1, 0.15) is 5.00 Å². The van der Waals surface area contributed by atoms with E-state index >= 15 is 0 Å². The van der Waals surface area contributed by atoms with Crippen LogP contribution >= 0.6 is 11.3 Å². The second-order valence-electron chi connectivity index (χ2n) is 9.53. The highest BCUT2D eigenvalue weighted by Gasteiger charge is 2.34. The first kappa shape index (κ1) is 22.2. The summed E-state index contributed by atoms with van der Waals surface area (Å²) in [7, 11) is 0. The Morgan fingerprint density at radius 2 is 1.91 bits per heavy atom. The largest absolute Gasteiger partial charge is 0.322 e. The fraction of sp³-hybridized carbons (Fsp3) is 0.346. The molecule has 1 aliphatic rings. The molecule has 1 aromatic carbocycles. The minimum absolute atomic E-state index is 0.177. The van der Waals surface area contributed by atoms with Crippen molar-refractivity contribution in [1.29, 1.82) is 0 Å². The third-order valence-corrected chi connectivity index (χ3v) is 7.31. The lowest BCUT2D eigenvalue weighted by molar-refractivity contribution is 0.102. The van der Waals surface area contributed by atoms with Crippen molar-refractivity contribution in [3.8, 4) is 0 Å². The third-order valence-electron chi connectivity index (χ3n) is 6.14. The average Bonchev–Trinajstić information content (AvgIpc) is 3.10. The van der Waals surface area contributed by atoms with E-state index in [9.17, 15) is 9.59 Å². The van der Waals surface area contributed by atoms with Crippen LogP contribution in [0.25, 0.3) is 0 Å². The van der Waals surface area contributed by atoms with Gasteiger partial charge in [-0.05, 0) is 72.9 Å². The van der Waals surface area contributed by atoms with Crippen LogP contribution in [-0.4, -0.2) is 16.8 Å². The number of hydrogen-bond donors (Lipinski definition) is 2. The molecule has 0 fully saturated rings. The van der Waals surface area contributed by atoms with E-state index in [4.69, 9.17) is 0 Å². The van der Waals surface area contributed by atoms with Crippen LogP contribution in [0.5, 0.6) is 0 Å². The number of nitrogens with one attached hydrogen (secondary N) is 2. The second-order valence-corrected chi connectivity index (χ2v) is 10.6. The SMILES string of the molecule is Cc1cccc(NC(=O)c2c(NC(=O)c3cccnc3)sc3c2CC[C@@H](C(C)(C)C)C3)c1. The number of carbonyl (C=O) groups excluding carboxylic acids is 2. The van der Waals surface area contributed by atoms with Crippen LogP contribution in [-0.2, 0) is 12.8 Å². The summed E-state index contributed by atoms with van der Waals surface area (Å²) in [6, 6.07) is 11.2. The van der Waals surface area contributed by atoms with Gasteiger partial charge < -0.3 is 10.6 Å². The van der Waals surface area contributed by atoms with Crippen LogP contribution in [0.4, 0.5) is 10.7 Å². The number of hydrogen-bond acceptors (Lipinski definition) is 4. The van der Waals surface area contributed by atoms with E-state index in [0.29, 0.717) is 22.0 Å². The van der Waals surface area contributed by atoms with Crippen LogP contribution in [0.1, 0.15) is 63.9 Å². The number of thiophene rings is 1. The van der Waals surface area contributed by atoms with Gasteiger partial charge in [0.25, 0.3) is 11.8 Å². The molecule has 1 aliphatic carbocycles. The Balaban J connectivity index is 1.69. The van der Waals surface area contributed by atoms with Crippen molar-refractivity contribution in [3.05, 3.63) is 75.9 Å². The number of nitrogens with zero attached hydrogens (tertiary/aromatic N) is 1. The minimum atomic E-state index is -0.256. The Bertz CT molecular complexity index is 1150. The van der Waals surface area contributed by atoms with Crippen LogP contribution in [0.15, 0.2) is 48.8 Å². The van der Waals surface area contributed by atoms with Crippen LogP contribution in [0.2, 0.25) is 0 Å². The lowest BCUT2D eigenvalue weighted by Gasteiger charge is -2.33. The molecule has 0 saturated heterocycles. The number of aryl methyl sites for hydroxylation is 1. The van der Waals surface area contributed by atoms with Gasteiger partial charge in [-0.3, -0.25) is 14.6 Å². The molecule has 2 aromatic heterocycles. The van der Waals surface area contributed by atoms with Gasteiger partial charge in [-0.25, -0.2) is 0 Å². The molecular weight excluding hydrogens is 418 g/mol. The number of anilines is 2. The molecule has 32 heavy (non-hydrogen) atoms. The molecule has 2 N–H and O–H groups in total. The zero-order chi connectivity index (χ0) is 22.9. The van der Waals surface area contributed by atoms with Gasteiger partial charge in [0.2, 0.25) is 0 Å². The number of aromatic nitrogens is 1. The molecule has 166 valence electrons. The van der Waals surface area contributed by atoms with Gasteiger partial charge in [-0.2, -0.15) is 0 Å². The van der Waals surface area contributed by atoms with E-state index in [-0.39, 0.29) is 17.2 Å². The smallest absolute Gasteiger partial charge is 0.258 e. The number of pyridine rings is 1. The molecule has 0 bridgehead atoms. The lowest BCUT2D eigenvalue weighted by atomic mass is 9.72. The van der Waals surface area contributed by atoms with E-state index in [1.165, 1.54) is 22.4 Å². The van der Waals surface area contributed by atoms with Gasteiger partial charge in [-0.1, -0.05) is 32.9 Å². The maximum Gasteiger partial charge on any atom is 0.258 e. The van der Waals surface area contributed by atoms with Crippen molar-refractivity contribution in [3.63, 3.8) is 0 Å². The van der Waals surface area contributed by atoms with Gasteiger partial charge >= 0.3 is 0 Å². The van der Waals surface area contributed by atoms with Gasteiger partial charge in [-0.15, -0.1) is 11.3 Å². The van der Waals surface area contributed by atoms with Crippen molar-refractivity contribution in [1.82, 2.24) is 4.98 Å². The summed E-state index contributed by atoms with van der Waals surface area (Å²) in [4.78, 5) is 31.5. The summed E-state index contributed by atoms with van der Waals surface area (Å²) in [6.07, 6.45) is 5.97. The maximum absolute atomic E-state index is 13.4. The number of carbonyl (C=O) groups is 2. The van der Waals surface area contributed by atoms with Crippen LogP contribution < -0.4 is 10.6 Å². The molecule has 0 unspecified atom stereocenters. The normalized spacial score (nSPS) is 15.7. The molecular formula is C26H29N3O2S. The molecule has 0 spiro atoms. The summed E-state index contributed by atoms with van der Waals surface area (Å²) in [5, 5.41) is 6.64. The molecule has 0 radical (unpaired) electrons. The number of fused-ring (bicyclic) bond motifs is 1. The standard InChI is InChI=1S/C26H29N3O2S/c1-16-7-5-9-19(13-16)28-24(31)22-20-11-10-18(26(2,3)4)14-21(20)32-25(22)29-23(30)17-8-6-12-27-15-17/h5-9,12-13,15,18H,10-11,14H2,1-4H3,(H,28,31)(H,29,30)/t18-/m1/s1. The maximum atomic E-state index is 13.4. The van der Waals surface area contributed by atoms with E-state index in [1.54, 1.807) is 18.3 Å². The van der Waals surface area contributed by atoms with Crippen molar-refractivity contribution in [2.45, 2.75) is 47.0 Å². The first-order valence-electron chi connectivity index (χ1n) is 11.0. The number of rotatable bonds is 4. The van der Waals surface area contributed by atoms with E-state index in [1.807, 2.05) is 31.2 Å². The first-order chi connectivity index (χ1) is 15.2. The third kappa shape index (κ3) is 4.75. The van der Waals surface area contributed by atoms with Crippen LogP contribution in [0, 0.1) is 18.3 Å². The molecule has 6 heteroatoms. The Labute approximate surface area is 193 Å². The fourth-order valence-electron chi connectivity index (χ4n) is 4.24. The summed E-state index contributed by atoms with van der Waals surface area (Å²) >= 11 is 1.53. The Morgan fingerprint density at radius 1 is 1.09 bits per heavy atom. The quantitative estimate of drug-likeness (QED) is 0.507. The topological polar surface area (TPSA) is 71.1 Å². The van der Waals surface area contributed by atoms with Crippen molar-refractivity contribution < 1.29 is 9.59 Å². The first-order valence-corrected chi connectivity index (χ1v) is 11.8. The van der Waals surface area contributed by atoms with Gasteiger partial charge in [0.05, 0.1) is 11.1 Å². The van der Waals surface area contributed by atoms with Crippen molar-refractivity contribution in [2.75, 3.05) is 10.6 Å². The molecule has 0 aliphatic heterocycles. The number of amides is 2. The van der Waals surface area contributed by atoms with E-state index in [0.717, 1.165) is 36.1 Å². The zero-order valence-corrected chi connectivity index (χ0v) is 19.8. The molecule has 3 aromatic rings. The Hall–Kier alpha value is -2.99. The lowest BCUT2D eigenvalue weighted by Crippen LogP contribution is -2.27. The molecule has 5 nitrogen and oxygen atoms in total. The molecule has 4 rings (SSSR count). The monoisotopic (exact) mass is 447 g/mol. The van der Waals surface area contributed by atoms with E-state index in [2.05, 4.69) is 36.4 Å². The fourth-order valence-corrected chi connectivity index (χ4v) is 5.56. The van der Waals surface area contributed by atoms with Crippen LogP contribution in [0.3, 0.4) is 0 Å². The molecule has 2 amide bonds. The molecule has 0 saturated carbocycles. The summed E-state index contributed by atoms with van der Waals surface area (Å²) in [5.41, 5.74) is 4.16. The molecule has 2 heterocycles. The summed E-state index contributed by atoms with van der Waals surface area (Å²) in [5.74, 6) is 0.112. The zero-order valence-electron chi connectivity index (χ0n) is 19.0. The van der Waals surface area contributed by atoms with Gasteiger partial charge in [0.15, 0.2) is 0 Å². The second kappa shape index (κ2) is 8.87. The van der Waals surface area contributed by atoms with Gasteiger partial charge in [0, 0.05) is 23.0 Å². The van der Waals surface area contributed by atoms with Crippen molar-refractivity contribution >= 4 is 33.8 Å². The summed E-state index contributed by atoms with van der Waals surface area (Å²) in [6.45, 7) is 8.81. The minimum Gasteiger partial charge on any atom is -0.322 e. The highest BCUT2D eigenvalue weighted by atomic mass is 32.1. The van der Waals surface area contributed by atoms with E-state index < -0.39 is 0 Å².